The van der Waals surface area contributed by atoms with Crippen molar-refractivity contribution in [2.24, 2.45) is 5.92 Å². The van der Waals surface area contributed by atoms with Crippen molar-refractivity contribution in [1.29, 1.82) is 0 Å². The average Bonchev–Trinajstić information content (AvgIpc) is 2.46. The SMILES string of the molecule is CC(C)(C)[S@@+]([O-])N[C@H](c1cccc(Br)n1)[C@H]1C[C@H](O[Si](C)(C)C(C)(C)C)C1. The topological polar surface area (TPSA) is 57.2 Å². The Kier molecular flexibility index (Phi) is 7.30. The molecule has 1 aliphatic rings. The Hall–Kier alpha value is 0.0769. The van der Waals surface area contributed by atoms with Crippen molar-refractivity contribution in [3.05, 3.63) is 28.5 Å². The van der Waals surface area contributed by atoms with Gasteiger partial charge < -0.3 is 8.98 Å². The third kappa shape index (κ3) is 6.03. The van der Waals surface area contributed by atoms with Crippen LogP contribution in [0.4, 0.5) is 0 Å². The molecule has 0 radical (unpaired) electrons. The minimum Gasteiger partial charge on any atom is -0.598 e. The fourth-order valence-corrected chi connectivity index (χ4v) is 5.49. The monoisotopic (exact) mass is 474 g/mol. The summed E-state index contributed by atoms with van der Waals surface area (Å²) in [5.74, 6) is 0.382. The van der Waals surface area contributed by atoms with Gasteiger partial charge in [-0.3, -0.25) is 0 Å². The predicted octanol–water partition coefficient (Wildman–Crippen LogP) is 5.74. The zero-order valence-corrected chi connectivity index (χ0v) is 21.3. The van der Waals surface area contributed by atoms with Crippen molar-refractivity contribution in [1.82, 2.24) is 9.71 Å². The quantitative estimate of drug-likeness (QED) is 0.324. The molecule has 0 unspecified atom stereocenters. The lowest BCUT2D eigenvalue weighted by Crippen LogP contribution is -2.51. The van der Waals surface area contributed by atoms with E-state index < -0.39 is 19.7 Å². The van der Waals surface area contributed by atoms with Gasteiger partial charge in [0.05, 0.1) is 11.7 Å². The summed E-state index contributed by atoms with van der Waals surface area (Å²) in [6, 6.07) is 5.90. The predicted molar refractivity (Wildman–Crippen MR) is 121 cm³/mol. The van der Waals surface area contributed by atoms with E-state index >= 15 is 0 Å². The van der Waals surface area contributed by atoms with E-state index in [1.54, 1.807) is 0 Å². The average molecular weight is 476 g/mol. The third-order valence-corrected chi connectivity index (χ3v) is 12.3. The minimum atomic E-state index is -1.76. The van der Waals surface area contributed by atoms with Gasteiger partial charge in [-0.2, -0.15) is 0 Å². The lowest BCUT2D eigenvalue weighted by Gasteiger charge is -2.46. The van der Waals surface area contributed by atoms with Gasteiger partial charge >= 0.3 is 0 Å². The molecule has 0 aliphatic heterocycles. The van der Waals surface area contributed by atoms with E-state index in [4.69, 9.17) is 4.43 Å². The van der Waals surface area contributed by atoms with Gasteiger partial charge in [-0.1, -0.05) is 26.8 Å². The first-order valence-electron chi connectivity index (χ1n) is 9.69. The van der Waals surface area contributed by atoms with E-state index in [-0.39, 0.29) is 15.8 Å². The van der Waals surface area contributed by atoms with Crippen LogP contribution in [0.15, 0.2) is 22.8 Å². The number of rotatable bonds is 6. The van der Waals surface area contributed by atoms with Crippen molar-refractivity contribution >= 4 is 35.6 Å². The molecule has 1 N–H and O–H groups in total. The fraction of sp³-hybridized carbons (Fsp3) is 0.750. The molecule has 1 fully saturated rings. The van der Waals surface area contributed by atoms with Gasteiger partial charge in [-0.05, 0) is 85.7 Å². The van der Waals surface area contributed by atoms with Crippen molar-refractivity contribution in [2.75, 3.05) is 0 Å². The summed E-state index contributed by atoms with van der Waals surface area (Å²) in [7, 11) is -1.76. The summed E-state index contributed by atoms with van der Waals surface area (Å²) in [5.41, 5.74) is 0.942. The number of hydrogen-bond donors (Lipinski definition) is 1. The Bertz CT molecular complexity index is 640. The molecule has 1 aromatic heterocycles. The van der Waals surface area contributed by atoms with E-state index in [0.29, 0.717) is 12.0 Å². The van der Waals surface area contributed by atoms with Crippen LogP contribution in [0.5, 0.6) is 0 Å². The number of aromatic nitrogens is 1. The van der Waals surface area contributed by atoms with Gasteiger partial charge in [0.1, 0.15) is 9.35 Å². The molecule has 27 heavy (non-hydrogen) atoms. The number of hydrogen-bond acceptors (Lipinski definition) is 4. The van der Waals surface area contributed by atoms with Crippen LogP contribution in [-0.2, 0) is 15.8 Å². The molecule has 1 heterocycles. The Labute approximate surface area is 177 Å². The summed E-state index contributed by atoms with van der Waals surface area (Å²) < 4.78 is 23.2. The smallest absolute Gasteiger partial charge is 0.192 e. The number of halogens is 1. The van der Waals surface area contributed by atoms with Crippen LogP contribution in [0.25, 0.3) is 0 Å². The van der Waals surface area contributed by atoms with Gasteiger partial charge in [0.2, 0.25) is 0 Å². The summed E-state index contributed by atoms with van der Waals surface area (Å²) in [5, 5.41) is 0.218. The molecular weight excluding hydrogens is 440 g/mol. The first-order valence-corrected chi connectivity index (χ1v) is 14.5. The Balaban J connectivity index is 2.10. The second-order valence-corrected chi connectivity index (χ2v) is 17.7. The molecule has 0 amide bonds. The van der Waals surface area contributed by atoms with Crippen molar-refractivity contribution in [3.63, 3.8) is 0 Å². The first-order chi connectivity index (χ1) is 12.2. The Morgan fingerprint density at radius 3 is 2.30 bits per heavy atom. The first kappa shape index (κ1) is 23.4. The van der Waals surface area contributed by atoms with Gasteiger partial charge in [-0.25, -0.2) is 4.98 Å². The summed E-state index contributed by atoms with van der Waals surface area (Å²) in [6.45, 7) is 17.4. The van der Waals surface area contributed by atoms with Crippen LogP contribution in [-0.4, -0.2) is 28.7 Å². The van der Waals surface area contributed by atoms with E-state index in [2.05, 4.69) is 59.5 Å². The van der Waals surface area contributed by atoms with Gasteiger partial charge in [0.25, 0.3) is 0 Å². The second-order valence-electron chi connectivity index (χ2n) is 10.1. The second kappa shape index (κ2) is 8.44. The lowest BCUT2D eigenvalue weighted by atomic mass is 9.76. The fourth-order valence-electron chi connectivity index (χ4n) is 2.86. The Morgan fingerprint density at radius 1 is 1.22 bits per heavy atom. The molecule has 1 aromatic rings. The maximum absolute atomic E-state index is 12.8. The summed E-state index contributed by atoms with van der Waals surface area (Å²) in [4.78, 5) is 4.64. The van der Waals surface area contributed by atoms with Gasteiger partial charge in [-0.15, -0.1) is 4.72 Å². The maximum atomic E-state index is 12.8. The van der Waals surface area contributed by atoms with Crippen LogP contribution in [0, 0.1) is 5.92 Å². The molecule has 0 aromatic carbocycles. The number of pyridine rings is 1. The zero-order valence-electron chi connectivity index (χ0n) is 17.9. The van der Waals surface area contributed by atoms with E-state index in [1.165, 1.54) is 0 Å². The highest BCUT2D eigenvalue weighted by Gasteiger charge is 2.46. The minimum absolute atomic E-state index is 0.0261. The van der Waals surface area contributed by atoms with Crippen LogP contribution < -0.4 is 4.72 Å². The van der Waals surface area contributed by atoms with Crippen LogP contribution >= 0.6 is 15.9 Å². The molecule has 0 spiro atoms. The van der Waals surface area contributed by atoms with E-state index in [1.807, 2.05) is 39.0 Å². The van der Waals surface area contributed by atoms with E-state index in [0.717, 1.165) is 23.1 Å². The molecule has 7 heteroatoms. The third-order valence-electron chi connectivity index (χ3n) is 5.72. The van der Waals surface area contributed by atoms with Crippen LogP contribution in [0.3, 0.4) is 0 Å². The molecule has 154 valence electrons. The normalized spacial score (nSPS) is 23.6. The zero-order chi connectivity index (χ0) is 20.6. The molecular formula is C20H35BrN2O2SSi. The molecule has 1 saturated carbocycles. The maximum Gasteiger partial charge on any atom is 0.192 e. The van der Waals surface area contributed by atoms with Gasteiger partial charge in [0.15, 0.2) is 8.32 Å². The molecule has 0 saturated heterocycles. The number of nitrogens with zero attached hydrogens (tertiary/aromatic N) is 1. The molecule has 4 nitrogen and oxygen atoms in total. The highest BCUT2D eigenvalue weighted by Crippen LogP contribution is 2.45. The lowest BCUT2D eigenvalue weighted by molar-refractivity contribution is 0.0365. The number of nitrogens with one attached hydrogen (secondary N) is 1. The summed E-state index contributed by atoms with van der Waals surface area (Å²) in [6.07, 6.45) is 2.27. The largest absolute Gasteiger partial charge is 0.598 e. The molecule has 0 bridgehead atoms. The van der Waals surface area contributed by atoms with Gasteiger partial charge in [0, 0.05) is 17.5 Å². The Morgan fingerprint density at radius 2 is 1.81 bits per heavy atom. The molecule has 1 aliphatic carbocycles. The van der Waals surface area contributed by atoms with Crippen molar-refractivity contribution < 1.29 is 8.98 Å². The molecule has 2 atom stereocenters. The van der Waals surface area contributed by atoms with Crippen LogP contribution in [0.1, 0.15) is 66.1 Å². The molecule has 2 rings (SSSR count). The van der Waals surface area contributed by atoms with Crippen LogP contribution in [0.2, 0.25) is 18.1 Å². The highest BCUT2D eigenvalue weighted by molar-refractivity contribution is 9.10. The van der Waals surface area contributed by atoms with E-state index in [9.17, 15) is 4.55 Å². The van der Waals surface area contributed by atoms with Crippen molar-refractivity contribution in [2.45, 2.75) is 89.4 Å². The highest BCUT2D eigenvalue weighted by atomic mass is 79.9. The standard InChI is InChI=1S/C20H35BrN2O2SSi/c1-19(2,3)26(24)23-18(16-10-9-11-17(21)22-16)14-12-15(13-14)25-27(7,8)20(4,5)6/h9-11,14-15,18,23H,12-13H2,1-8H3/t14-,15-,18-,26+/m0/s1. The summed E-state index contributed by atoms with van der Waals surface area (Å²) >= 11 is 2.32. The van der Waals surface area contributed by atoms with Crippen molar-refractivity contribution in [3.8, 4) is 0 Å².